The topological polar surface area (TPSA) is 106 Å². The van der Waals surface area contributed by atoms with Gasteiger partial charge in [-0.25, -0.2) is 13.1 Å². The SMILES string of the molecule is O=c1c(Cl)c(NC[C@H]2CCCOC2)cnn1C1CCN(S(=O)(=O)c2ccns2)CC1. The standard InChI is InChI=1S/C18H24ClN5O4S2/c19-17-15(20-10-13-2-1-9-28-12-13)11-21-24(18(17)25)14-4-7-23(8-5-14)30(26,27)16-3-6-22-29-16/h3,6,11,13-14,20H,1-2,4-5,7-10,12H2/t13-/m1/s1. The Kier molecular flexibility index (Phi) is 6.73. The van der Waals surface area contributed by atoms with Crippen LogP contribution >= 0.6 is 23.1 Å². The van der Waals surface area contributed by atoms with E-state index in [2.05, 4.69) is 14.8 Å². The molecule has 4 rings (SSSR count). The fraction of sp³-hybridized carbons (Fsp3) is 0.611. The Morgan fingerprint density at radius 3 is 2.77 bits per heavy atom. The van der Waals surface area contributed by atoms with Crippen molar-refractivity contribution in [2.24, 2.45) is 5.92 Å². The van der Waals surface area contributed by atoms with Crippen molar-refractivity contribution in [2.45, 2.75) is 35.9 Å². The molecule has 2 saturated heterocycles. The van der Waals surface area contributed by atoms with Gasteiger partial charge in [0.15, 0.2) is 4.21 Å². The zero-order valence-corrected chi connectivity index (χ0v) is 18.8. The molecule has 9 nitrogen and oxygen atoms in total. The first kappa shape index (κ1) is 21.7. The maximum atomic E-state index is 12.8. The van der Waals surface area contributed by atoms with Crippen molar-refractivity contribution in [3.05, 3.63) is 33.8 Å². The minimum atomic E-state index is -3.53. The molecule has 1 atom stereocenters. The van der Waals surface area contributed by atoms with E-state index in [-0.39, 0.29) is 20.8 Å². The molecule has 12 heteroatoms. The predicted octanol–water partition coefficient (Wildman–Crippen LogP) is 2.22. The van der Waals surface area contributed by atoms with E-state index in [0.717, 1.165) is 31.0 Å². The van der Waals surface area contributed by atoms with Crippen LogP contribution in [0.1, 0.15) is 31.7 Å². The molecule has 1 N–H and O–H groups in total. The van der Waals surface area contributed by atoms with Crippen molar-refractivity contribution in [3.63, 3.8) is 0 Å². The van der Waals surface area contributed by atoms with Crippen LogP contribution in [0.2, 0.25) is 5.02 Å². The van der Waals surface area contributed by atoms with Gasteiger partial charge in [-0.2, -0.15) is 13.8 Å². The number of nitrogens with one attached hydrogen (secondary N) is 1. The van der Waals surface area contributed by atoms with Gasteiger partial charge in [-0.1, -0.05) is 11.6 Å². The van der Waals surface area contributed by atoms with Gasteiger partial charge in [0.05, 0.1) is 24.5 Å². The number of sulfonamides is 1. The molecule has 2 aliphatic heterocycles. The third kappa shape index (κ3) is 4.54. The Morgan fingerprint density at radius 2 is 2.10 bits per heavy atom. The zero-order chi connectivity index (χ0) is 21.1. The van der Waals surface area contributed by atoms with Crippen LogP contribution < -0.4 is 10.9 Å². The number of aromatic nitrogens is 3. The van der Waals surface area contributed by atoms with E-state index in [1.165, 1.54) is 21.3 Å². The summed E-state index contributed by atoms with van der Waals surface area (Å²) in [5.74, 6) is 0.391. The summed E-state index contributed by atoms with van der Waals surface area (Å²) in [4.78, 5) is 12.8. The Labute approximate surface area is 184 Å². The second kappa shape index (κ2) is 9.31. The molecule has 0 aromatic carbocycles. The summed E-state index contributed by atoms with van der Waals surface area (Å²) in [5.41, 5.74) is 0.166. The highest BCUT2D eigenvalue weighted by atomic mass is 35.5. The number of hydrogen-bond donors (Lipinski definition) is 1. The van der Waals surface area contributed by atoms with Crippen molar-refractivity contribution < 1.29 is 13.2 Å². The molecule has 0 amide bonds. The number of ether oxygens (including phenoxy) is 1. The van der Waals surface area contributed by atoms with E-state index in [1.807, 2.05) is 0 Å². The summed E-state index contributed by atoms with van der Waals surface area (Å²) >= 11 is 7.29. The molecule has 0 aliphatic carbocycles. The third-order valence-electron chi connectivity index (χ3n) is 5.56. The lowest BCUT2D eigenvalue weighted by Crippen LogP contribution is -2.41. The minimum absolute atomic E-state index is 0.112. The molecule has 0 unspecified atom stereocenters. The van der Waals surface area contributed by atoms with Gasteiger partial charge in [0.2, 0.25) is 0 Å². The molecule has 0 saturated carbocycles. The predicted molar refractivity (Wildman–Crippen MR) is 115 cm³/mol. The summed E-state index contributed by atoms with van der Waals surface area (Å²) in [7, 11) is -3.53. The quantitative estimate of drug-likeness (QED) is 0.685. The number of piperidine rings is 1. The highest BCUT2D eigenvalue weighted by Crippen LogP contribution is 2.28. The first-order chi connectivity index (χ1) is 14.5. The average Bonchev–Trinajstić information content (AvgIpc) is 3.32. The summed E-state index contributed by atoms with van der Waals surface area (Å²) in [6, 6.07) is 1.31. The summed E-state index contributed by atoms with van der Waals surface area (Å²) in [6.45, 7) is 2.83. The van der Waals surface area contributed by atoms with Crippen LogP contribution in [-0.2, 0) is 14.8 Å². The fourth-order valence-corrected chi connectivity index (χ4v) is 6.39. The Morgan fingerprint density at radius 1 is 1.30 bits per heavy atom. The fourth-order valence-electron chi connectivity index (χ4n) is 3.84. The second-order valence-corrected chi connectivity index (χ2v) is 10.9. The van der Waals surface area contributed by atoms with Crippen LogP contribution in [0.25, 0.3) is 0 Å². The molecule has 0 bridgehead atoms. The zero-order valence-electron chi connectivity index (χ0n) is 16.4. The highest BCUT2D eigenvalue weighted by molar-refractivity contribution is 7.91. The largest absolute Gasteiger partial charge is 0.382 e. The van der Waals surface area contributed by atoms with Crippen LogP contribution in [0.5, 0.6) is 0 Å². The molecule has 164 valence electrons. The number of hydrogen-bond acceptors (Lipinski definition) is 8. The van der Waals surface area contributed by atoms with E-state index in [9.17, 15) is 13.2 Å². The molecule has 2 aromatic heterocycles. The first-order valence-electron chi connectivity index (χ1n) is 9.96. The average molecular weight is 474 g/mol. The van der Waals surface area contributed by atoms with Crippen LogP contribution in [0.3, 0.4) is 0 Å². The minimum Gasteiger partial charge on any atom is -0.382 e. The van der Waals surface area contributed by atoms with Gasteiger partial charge in [-0.05, 0) is 49.2 Å². The van der Waals surface area contributed by atoms with Gasteiger partial charge in [0.25, 0.3) is 15.6 Å². The first-order valence-corrected chi connectivity index (χ1v) is 12.6. The molecular weight excluding hydrogens is 450 g/mol. The molecule has 2 aliphatic rings. The number of rotatable bonds is 6. The van der Waals surface area contributed by atoms with Crippen molar-refractivity contribution >= 4 is 38.8 Å². The lowest BCUT2D eigenvalue weighted by Gasteiger charge is -2.31. The lowest BCUT2D eigenvalue weighted by atomic mass is 10.0. The molecule has 4 heterocycles. The van der Waals surface area contributed by atoms with Gasteiger partial charge in [-0.3, -0.25) is 4.79 Å². The van der Waals surface area contributed by atoms with Gasteiger partial charge >= 0.3 is 0 Å². The highest BCUT2D eigenvalue weighted by Gasteiger charge is 2.32. The van der Waals surface area contributed by atoms with Crippen molar-refractivity contribution in [1.82, 2.24) is 18.5 Å². The number of anilines is 1. The lowest BCUT2D eigenvalue weighted by molar-refractivity contribution is 0.0595. The Bertz CT molecular complexity index is 1010. The summed E-state index contributed by atoms with van der Waals surface area (Å²) < 4.78 is 37.7. The van der Waals surface area contributed by atoms with Crippen molar-refractivity contribution in [1.29, 1.82) is 0 Å². The number of nitrogens with zero attached hydrogens (tertiary/aromatic N) is 4. The van der Waals surface area contributed by atoms with Crippen molar-refractivity contribution in [3.8, 4) is 0 Å². The van der Waals surface area contributed by atoms with E-state index >= 15 is 0 Å². The van der Waals surface area contributed by atoms with Crippen LogP contribution in [-0.4, -0.2) is 59.7 Å². The molecule has 2 aromatic rings. The van der Waals surface area contributed by atoms with Crippen LogP contribution in [0.4, 0.5) is 5.69 Å². The van der Waals surface area contributed by atoms with Gasteiger partial charge in [0, 0.05) is 32.4 Å². The van der Waals surface area contributed by atoms with Gasteiger partial charge in [0.1, 0.15) is 5.02 Å². The molecule has 2 fully saturated rings. The van der Waals surface area contributed by atoms with E-state index in [0.29, 0.717) is 50.7 Å². The number of halogens is 1. The summed E-state index contributed by atoms with van der Waals surface area (Å²) in [5, 5.41) is 7.64. The molecular formula is C18H24ClN5O4S2. The monoisotopic (exact) mass is 473 g/mol. The van der Waals surface area contributed by atoms with E-state index in [4.69, 9.17) is 16.3 Å². The van der Waals surface area contributed by atoms with Gasteiger partial charge < -0.3 is 10.1 Å². The van der Waals surface area contributed by atoms with Crippen molar-refractivity contribution in [2.75, 3.05) is 38.2 Å². The summed E-state index contributed by atoms with van der Waals surface area (Å²) in [6.07, 6.45) is 6.16. The van der Waals surface area contributed by atoms with E-state index < -0.39 is 10.0 Å². The van der Waals surface area contributed by atoms with E-state index in [1.54, 1.807) is 6.20 Å². The Balaban J connectivity index is 1.40. The molecule has 0 spiro atoms. The van der Waals surface area contributed by atoms with Crippen LogP contribution in [0, 0.1) is 5.92 Å². The Hall–Kier alpha value is -1.53. The van der Waals surface area contributed by atoms with Gasteiger partial charge in [-0.15, -0.1) is 0 Å². The van der Waals surface area contributed by atoms with Crippen LogP contribution in [0.15, 0.2) is 27.5 Å². The maximum absolute atomic E-state index is 12.8. The molecule has 30 heavy (non-hydrogen) atoms. The smallest absolute Gasteiger partial charge is 0.287 e. The normalized spacial score (nSPS) is 21.6. The third-order valence-corrected chi connectivity index (χ3v) is 9.01. The molecule has 0 radical (unpaired) electrons. The second-order valence-electron chi connectivity index (χ2n) is 7.55. The maximum Gasteiger partial charge on any atom is 0.287 e.